The summed E-state index contributed by atoms with van der Waals surface area (Å²) in [5.74, 6) is 0.106. The molecule has 2 aliphatic rings. The van der Waals surface area contributed by atoms with Gasteiger partial charge in [-0.25, -0.2) is 0 Å². The van der Waals surface area contributed by atoms with Crippen LogP contribution in [0.4, 0.5) is 11.4 Å². The van der Waals surface area contributed by atoms with Gasteiger partial charge in [0, 0.05) is 33.4 Å². The van der Waals surface area contributed by atoms with E-state index in [-0.39, 0.29) is 11.6 Å². The van der Waals surface area contributed by atoms with Crippen LogP contribution in [-0.4, -0.2) is 11.6 Å². The second-order valence-electron chi connectivity index (χ2n) is 20.1. The Bertz CT molecular complexity index is 2590. The molecule has 1 aromatic heterocycles. The van der Waals surface area contributed by atoms with Crippen LogP contribution in [0.1, 0.15) is 92.8 Å². The third-order valence-corrected chi connectivity index (χ3v) is 12.1. The lowest BCUT2D eigenvalue weighted by Gasteiger charge is -2.31. The standard InChI is InChI=1S/C54H56N4O2S/c1-51(2,3)41-29-37(30-42(49(41)59)52(4,5)6)47(57-55-39-23-21-33-17-13-15-19-35(33)27-39)45-25-26-46(61-45)48(58-56-40-24-22-34-18-14-16-20-36(34)28-40)38-31-43(53(7,8)9)50(60)44(32-38)54(10,11)12/h13-32H,1-12H3/b57-55+,58-56+. The van der Waals surface area contributed by atoms with Crippen molar-refractivity contribution in [2.45, 2.75) is 83.1 Å². The molecule has 0 bridgehead atoms. The van der Waals surface area contributed by atoms with Gasteiger partial charge in [0.1, 0.15) is 11.4 Å². The lowest BCUT2D eigenvalue weighted by atomic mass is 9.71. The van der Waals surface area contributed by atoms with Crippen molar-refractivity contribution < 1.29 is 9.59 Å². The Morgan fingerprint density at radius 3 is 1.03 bits per heavy atom. The Balaban J connectivity index is 1.48. The van der Waals surface area contributed by atoms with Crippen LogP contribution >= 0.6 is 11.3 Å². The van der Waals surface area contributed by atoms with Crippen molar-refractivity contribution in [3.05, 3.63) is 165 Å². The van der Waals surface area contributed by atoms with E-state index in [1.54, 1.807) is 0 Å². The Labute approximate surface area is 365 Å². The van der Waals surface area contributed by atoms with Crippen molar-refractivity contribution in [2.24, 2.45) is 42.1 Å². The van der Waals surface area contributed by atoms with E-state index in [4.69, 9.17) is 20.5 Å². The van der Waals surface area contributed by atoms with Gasteiger partial charge in [0.15, 0.2) is 11.6 Å². The van der Waals surface area contributed by atoms with Crippen molar-refractivity contribution in [3.63, 3.8) is 0 Å². The molecule has 2 aliphatic carbocycles. The van der Waals surface area contributed by atoms with Gasteiger partial charge in [0.25, 0.3) is 0 Å². The summed E-state index contributed by atoms with van der Waals surface area (Å²) in [4.78, 5) is 29.9. The van der Waals surface area contributed by atoms with Gasteiger partial charge in [0.05, 0.1) is 21.1 Å². The maximum Gasteiger partial charge on any atom is 0.186 e. The first kappa shape index (κ1) is 43.2. The van der Waals surface area contributed by atoms with Gasteiger partial charge >= 0.3 is 0 Å². The van der Waals surface area contributed by atoms with E-state index in [2.05, 4.69) is 132 Å². The molecule has 0 radical (unpaired) electrons. The normalized spacial score (nSPS) is 15.8. The fourth-order valence-electron chi connectivity index (χ4n) is 7.54. The fourth-order valence-corrected chi connectivity index (χ4v) is 8.56. The highest BCUT2D eigenvalue weighted by Crippen LogP contribution is 2.45. The number of carbonyl (C=O) groups excluding carboxylic acids is 2. The monoisotopic (exact) mass is 824 g/mol. The van der Waals surface area contributed by atoms with Gasteiger partial charge in [-0.15, -0.1) is 21.6 Å². The third-order valence-electron chi connectivity index (χ3n) is 11.0. The average molecular weight is 825 g/mol. The first-order chi connectivity index (χ1) is 28.6. The Kier molecular flexibility index (Phi) is 11.4. The Morgan fingerprint density at radius 1 is 0.410 bits per heavy atom. The molecular weight excluding hydrogens is 769 g/mol. The molecule has 7 heteroatoms. The molecule has 7 rings (SSSR count). The molecule has 4 aromatic carbocycles. The van der Waals surface area contributed by atoms with Crippen LogP contribution in [0.15, 0.2) is 175 Å². The summed E-state index contributed by atoms with van der Waals surface area (Å²) in [5, 5.41) is 24.2. The molecule has 0 atom stereocenters. The van der Waals surface area contributed by atoms with Gasteiger partial charge in [-0.2, -0.15) is 10.2 Å². The summed E-state index contributed by atoms with van der Waals surface area (Å²) in [5.41, 5.74) is 5.60. The summed E-state index contributed by atoms with van der Waals surface area (Å²) in [6, 6.07) is 32.6. The molecule has 0 unspecified atom stereocenters. The molecule has 310 valence electrons. The highest BCUT2D eigenvalue weighted by Gasteiger charge is 2.36. The quantitative estimate of drug-likeness (QED) is 0.160. The second-order valence-corrected chi connectivity index (χ2v) is 21.2. The maximum atomic E-state index is 14.1. The lowest BCUT2D eigenvalue weighted by molar-refractivity contribution is -0.114. The molecule has 0 saturated carbocycles. The van der Waals surface area contributed by atoms with E-state index < -0.39 is 21.7 Å². The van der Waals surface area contributed by atoms with E-state index in [0.717, 1.165) is 76.1 Å². The third kappa shape index (κ3) is 9.38. The van der Waals surface area contributed by atoms with Gasteiger partial charge in [-0.3, -0.25) is 9.59 Å². The largest absolute Gasteiger partial charge is 0.289 e. The number of carbonyl (C=O) groups is 2. The van der Waals surface area contributed by atoms with Crippen molar-refractivity contribution in [2.75, 3.05) is 0 Å². The number of azo groups is 2. The molecule has 0 fully saturated rings. The van der Waals surface area contributed by atoms with Crippen LogP contribution in [-0.2, 0) is 9.59 Å². The minimum Gasteiger partial charge on any atom is -0.289 e. The minimum atomic E-state index is -0.415. The zero-order valence-electron chi connectivity index (χ0n) is 37.6. The number of hydrogen-bond donors (Lipinski definition) is 0. The Hall–Kier alpha value is -5.92. The maximum absolute atomic E-state index is 14.1. The molecule has 0 aliphatic heterocycles. The molecule has 0 N–H and O–H groups in total. The van der Waals surface area contributed by atoms with Crippen LogP contribution in [0.3, 0.4) is 0 Å². The SMILES string of the molecule is CC(C)(C)C1=CC(=C(/N=N/c2ccc3ccccc3c2)c2ccc(C(/N=N/c3ccc4ccccc4c3)=C3C=C(C(C)(C)C)C(=O)C(C(C)(C)C)=C3)s2)C=C(C(C)(C)C)C1=O. The van der Waals surface area contributed by atoms with Gasteiger partial charge < -0.3 is 0 Å². The second kappa shape index (κ2) is 16.2. The number of fused-ring (bicyclic) bond motifs is 2. The smallest absolute Gasteiger partial charge is 0.186 e. The molecule has 0 amide bonds. The van der Waals surface area contributed by atoms with Crippen molar-refractivity contribution in [1.29, 1.82) is 0 Å². The van der Waals surface area contributed by atoms with E-state index in [1.807, 2.05) is 72.8 Å². The van der Waals surface area contributed by atoms with Gasteiger partial charge in [-0.1, -0.05) is 144 Å². The van der Waals surface area contributed by atoms with E-state index in [9.17, 15) is 9.59 Å². The van der Waals surface area contributed by atoms with Crippen molar-refractivity contribution >= 4 is 67.2 Å². The molecule has 0 saturated heterocycles. The first-order valence-electron chi connectivity index (χ1n) is 21.0. The molecule has 6 nitrogen and oxygen atoms in total. The summed E-state index contributed by atoms with van der Waals surface area (Å²) in [6.45, 7) is 24.9. The predicted octanol–water partition coefficient (Wildman–Crippen LogP) is 16.1. The van der Waals surface area contributed by atoms with Crippen LogP contribution in [0.2, 0.25) is 0 Å². The zero-order valence-corrected chi connectivity index (χ0v) is 38.4. The number of rotatable bonds is 6. The van der Waals surface area contributed by atoms with E-state index in [1.165, 1.54) is 11.3 Å². The predicted molar refractivity (Wildman–Crippen MR) is 255 cm³/mol. The molecule has 61 heavy (non-hydrogen) atoms. The van der Waals surface area contributed by atoms with Crippen LogP contribution in [0, 0.1) is 21.7 Å². The highest BCUT2D eigenvalue weighted by atomic mass is 32.1. The summed E-state index contributed by atoms with van der Waals surface area (Å²) in [7, 11) is 0. The van der Waals surface area contributed by atoms with Crippen LogP contribution in [0.5, 0.6) is 0 Å². The number of ketones is 2. The number of thiophene rings is 1. The molecule has 1 heterocycles. The van der Waals surface area contributed by atoms with Crippen LogP contribution < -0.4 is 0 Å². The number of nitrogens with zero attached hydrogens (tertiary/aromatic N) is 4. The number of benzene rings is 4. The Morgan fingerprint density at radius 2 is 0.721 bits per heavy atom. The number of allylic oxidation sites excluding steroid dienone is 10. The molecule has 5 aromatic rings. The summed E-state index contributed by atoms with van der Waals surface area (Å²) < 4.78 is 0. The van der Waals surface area contributed by atoms with Crippen molar-refractivity contribution in [3.8, 4) is 0 Å². The topological polar surface area (TPSA) is 83.6 Å². The number of Topliss-reactive ketones (excluding diaryl/α,β-unsaturated/α-hetero) is 2. The first-order valence-corrected chi connectivity index (χ1v) is 21.8. The highest BCUT2D eigenvalue weighted by molar-refractivity contribution is 7.14. The molecule has 0 spiro atoms. The summed E-state index contributed by atoms with van der Waals surface area (Å²) in [6.07, 6.45) is 7.98. The van der Waals surface area contributed by atoms with Crippen LogP contribution in [0.25, 0.3) is 32.9 Å². The van der Waals surface area contributed by atoms with Crippen molar-refractivity contribution in [1.82, 2.24) is 0 Å². The number of hydrogen-bond acceptors (Lipinski definition) is 7. The fraction of sp³-hybridized carbons (Fsp3) is 0.296. The lowest BCUT2D eigenvalue weighted by Crippen LogP contribution is -2.28. The average Bonchev–Trinajstić information content (AvgIpc) is 3.66. The van der Waals surface area contributed by atoms with E-state index in [0.29, 0.717) is 11.4 Å². The molecular formula is C54H56N4O2S. The zero-order chi connectivity index (χ0) is 44.1. The van der Waals surface area contributed by atoms with E-state index >= 15 is 0 Å². The minimum absolute atomic E-state index is 0.0530. The van der Waals surface area contributed by atoms with Gasteiger partial charge in [0.2, 0.25) is 0 Å². The summed E-state index contributed by atoms with van der Waals surface area (Å²) >= 11 is 1.54. The van der Waals surface area contributed by atoms with Gasteiger partial charge in [-0.05, 0) is 104 Å².